The van der Waals surface area contributed by atoms with E-state index in [1.165, 1.54) is 5.56 Å². The first-order chi connectivity index (χ1) is 11.1. The predicted octanol–water partition coefficient (Wildman–Crippen LogP) is 4.87. The highest BCUT2D eigenvalue weighted by Crippen LogP contribution is 2.15. The summed E-state index contributed by atoms with van der Waals surface area (Å²) in [5, 5.41) is 0. The Labute approximate surface area is 139 Å². The van der Waals surface area contributed by atoms with E-state index in [9.17, 15) is 4.79 Å². The van der Waals surface area contributed by atoms with Gasteiger partial charge < -0.3 is 4.90 Å². The van der Waals surface area contributed by atoms with Crippen LogP contribution in [-0.2, 0) is 11.3 Å². The molecule has 2 nitrogen and oxygen atoms in total. The Morgan fingerprint density at radius 2 is 1.70 bits per heavy atom. The summed E-state index contributed by atoms with van der Waals surface area (Å²) in [6.07, 6.45) is 3.55. The monoisotopic (exact) mass is 307 g/mol. The number of hydrogen-bond acceptors (Lipinski definition) is 1. The lowest BCUT2D eigenvalue weighted by Crippen LogP contribution is -2.28. The Morgan fingerprint density at radius 3 is 2.26 bits per heavy atom. The second kappa shape index (κ2) is 8.33. The number of nitrogens with zero attached hydrogens (tertiary/aromatic N) is 1. The fourth-order valence-electron chi connectivity index (χ4n) is 2.41. The minimum atomic E-state index is 0.0456. The molecule has 1 amide bonds. The van der Waals surface area contributed by atoms with E-state index < -0.39 is 0 Å². The highest BCUT2D eigenvalue weighted by atomic mass is 16.2. The van der Waals surface area contributed by atoms with Crippen LogP contribution < -0.4 is 0 Å². The molecular weight excluding hydrogens is 282 g/mol. The fourth-order valence-corrected chi connectivity index (χ4v) is 2.41. The summed E-state index contributed by atoms with van der Waals surface area (Å²) in [6.45, 7) is 7.71. The molecule has 0 aliphatic rings. The van der Waals surface area contributed by atoms with Crippen molar-refractivity contribution >= 4 is 12.0 Å². The number of carbonyl (C=O) groups excluding carboxylic acids is 1. The second-order valence-electron chi connectivity index (χ2n) is 5.99. The Balaban J connectivity index is 2.01. The largest absolute Gasteiger partial charge is 0.335 e. The molecule has 0 N–H and O–H groups in total. The van der Waals surface area contributed by atoms with Crippen molar-refractivity contribution in [2.75, 3.05) is 6.54 Å². The fraction of sp³-hybridized carbons (Fsp3) is 0.286. The molecule has 2 aromatic carbocycles. The minimum Gasteiger partial charge on any atom is -0.335 e. The molecule has 0 saturated heterocycles. The van der Waals surface area contributed by atoms with E-state index in [2.05, 4.69) is 38.1 Å². The molecule has 0 fully saturated rings. The van der Waals surface area contributed by atoms with E-state index in [1.54, 1.807) is 6.08 Å². The number of amides is 1. The van der Waals surface area contributed by atoms with Crippen molar-refractivity contribution in [2.45, 2.75) is 33.2 Å². The number of carbonyl (C=O) groups is 1. The van der Waals surface area contributed by atoms with Crippen LogP contribution in [0.25, 0.3) is 6.08 Å². The topological polar surface area (TPSA) is 20.3 Å². The van der Waals surface area contributed by atoms with Gasteiger partial charge in [-0.15, -0.1) is 0 Å². The highest BCUT2D eigenvalue weighted by molar-refractivity contribution is 5.91. The summed E-state index contributed by atoms with van der Waals surface area (Å²) < 4.78 is 0. The Kier molecular flexibility index (Phi) is 6.16. The standard InChI is InChI=1S/C21H25NO/c1-4-22(16-19-8-6-5-7-9-19)21(23)15-12-18-10-13-20(14-11-18)17(2)3/h5-15,17H,4,16H2,1-3H3/b15-12+. The highest BCUT2D eigenvalue weighted by Gasteiger charge is 2.08. The SMILES string of the molecule is CCN(Cc1ccccc1)C(=O)/C=C/c1ccc(C(C)C)cc1. The summed E-state index contributed by atoms with van der Waals surface area (Å²) in [4.78, 5) is 14.2. The van der Waals surface area contributed by atoms with Crippen LogP contribution in [0.2, 0.25) is 0 Å². The average molecular weight is 307 g/mol. The predicted molar refractivity (Wildman–Crippen MR) is 97.1 cm³/mol. The van der Waals surface area contributed by atoms with Crippen molar-refractivity contribution in [3.8, 4) is 0 Å². The molecule has 0 bridgehead atoms. The lowest BCUT2D eigenvalue weighted by atomic mass is 10.0. The van der Waals surface area contributed by atoms with Gasteiger partial charge in [0, 0.05) is 19.2 Å². The molecule has 0 aliphatic heterocycles. The Bertz CT molecular complexity index is 641. The molecule has 2 rings (SSSR count). The van der Waals surface area contributed by atoms with Crippen LogP contribution in [-0.4, -0.2) is 17.4 Å². The first kappa shape index (κ1) is 17.0. The van der Waals surface area contributed by atoms with Gasteiger partial charge in [-0.2, -0.15) is 0 Å². The maximum absolute atomic E-state index is 12.4. The Hall–Kier alpha value is -2.35. The van der Waals surface area contributed by atoms with E-state index in [4.69, 9.17) is 0 Å². The lowest BCUT2D eigenvalue weighted by Gasteiger charge is -2.19. The number of rotatable bonds is 6. The Morgan fingerprint density at radius 1 is 1.04 bits per heavy atom. The van der Waals surface area contributed by atoms with Crippen molar-refractivity contribution < 1.29 is 4.79 Å². The number of benzene rings is 2. The van der Waals surface area contributed by atoms with Crippen LogP contribution >= 0.6 is 0 Å². The second-order valence-corrected chi connectivity index (χ2v) is 5.99. The molecule has 0 aliphatic carbocycles. The molecule has 2 aromatic rings. The van der Waals surface area contributed by atoms with Gasteiger partial charge in [-0.1, -0.05) is 68.4 Å². The summed E-state index contributed by atoms with van der Waals surface area (Å²) in [5.74, 6) is 0.570. The number of likely N-dealkylation sites (N-methyl/N-ethyl adjacent to an activating group) is 1. The van der Waals surface area contributed by atoms with Crippen molar-refractivity contribution in [1.29, 1.82) is 0 Å². The maximum Gasteiger partial charge on any atom is 0.246 e. The molecule has 0 aromatic heterocycles. The molecule has 0 spiro atoms. The molecular formula is C21H25NO. The third kappa shape index (κ3) is 5.10. The van der Waals surface area contributed by atoms with E-state index in [0.29, 0.717) is 19.0 Å². The molecule has 0 atom stereocenters. The van der Waals surface area contributed by atoms with Crippen LogP contribution in [0.5, 0.6) is 0 Å². The molecule has 0 heterocycles. The van der Waals surface area contributed by atoms with Crippen LogP contribution in [0.3, 0.4) is 0 Å². The summed E-state index contributed by atoms with van der Waals surface area (Å²) in [7, 11) is 0. The van der Waals surface area contributed by atoms with Gasteiger partial charge in [-0.3, -0.25) is 4.79 Å². The van der Waals surface area contributed by atoms with Crippen molar-refractivity contribution in [1.82, 2.24) is 4.90 Å². The van der Waals surface area contributed by atoms with Gasteiger partial charge in [0.1, 0.15) is 0 Å². The third-order valence-corrected chi connectivity index (χ3v) is 3.93. The van der Waals surface area contributed by atoms with E-state index in [1.807, 2.05) is 48.2 Å². The van der Waals surface area contributed by atoms with E-state index in [-0.39, 0.29) is 5.91 Å². The van der Waals surface area contributed by atoms with Gasteiger partial charge in [0.2, 0.25) is 5.91 Å². The van der Waals surface area contributed by atoms with Gasteiger partial charge in [0.15, 0.2) is 0 Å². The van der Waals surface area contributed by atoms with Crippen molar-refractivity contribution in [3.05, 3.63) is 77.4 Å². The van der Waals surface area contributed by atoms with Crippen LogP contribution in [0.15, 0.2) is 60.7 Å². The molecule has 23 heavy (non-hydrogen) atoms. The van der Waals surface area contributed by atoms with Gasteiger partial charge in [-0.25, -0.2) is 0 Å². The number of hydrogen-bond donors (Lipinski definition) is 0. The molecule has 0 saturated carbocycles. The summed E-state index contributed by atoms with van der Waals surface area (Å²) >= 11 is 0. The zero-order valence-electron chi connectivity index (χ0n) is 14.2. The first-order valence-electron chi connectivity index (χ1n) is 8.21. The van der Waals surface area contributed by atoms with Gasteiger partial charge in [-0.05, 0) is 35.6 Å². The van der Waals surface area contributed by atoms with E-state index >= 15 is 0 Å². The summed E-state index contributed by atoms with van der Waals surface area (Å²) in [6, 6.07) is 18.4. The zero-order chi connectivity index (χ0) is 16.7. The first-order valence-corrected chi connectivity index (χ1v) is 8.21. The van der Waals surface area contributed by atoms with Gasteiger partial charge in [0.05, 0.1) is 0 Å². The lowest BCUT2D eigenvalue weighted by molar-refractivity contribution is -0.126. The average Bonchev–Trinajstić information content (AvgIpc) is 2.58. The molecule has 2 heteroatoms. The summed E-state index contributed by atoms with van der Waals surface area (Å²) in [5.41, 5.74) is 3.52. The third-order valence-electron chi connectivity index (χ3n) is 3.93. The minimum absolute atomic E-state index is 0.0456. The quantitative estimate of drug-likeness (QED) is 0.697. The van der Waals surface area contributed by atoms with Gasteiger partial charge in [0.25, 0.3) is 0 Å². The molecule has 120 valence electrons. The molecule has 0 radical (unpaired) electrons. The normalized spacial score (nSPS) is 11.1. The smallest absolute Gasteiger partial charge is 0.246 e. The van der Waals surface area contributed by atoms with Crippen LogP contribution in [0.1, 0.15) is 43.4 Å². The molecule has 0 unspecified atom stereocenters. The van der Waals surface area contributed by atoms with Crippen LogP contribution in [0, 0.1) is 0 Å². The maximum atomic E-state index is 12.4. The van der Waals surface area contributed by atoms with Crippen molar-refractivity contribution in [3.63, 3.8) is 0 Å². The van der Waals surface area contributed by atoms with E-state index in [0.717, 1.165) is 11.1 Å². The van der Waals surface area contributed by atoms with Crippen molar-refractivity contribution in [2.24, 2.45) is 0 Å². The van der Waals surface area contributed by atoms with Gasteiger partial charge >= 0.3 is 0 Å². The zero-order valence-corrected chi connectivity index (χ0v) is 14.2. The van der Waals surface area contributed by atoms with Crippen LogP contribution in [0.4, 0.5) is 0 Å².